The van der Waals surface area contributed by atoms with Crippen molar-refractivity contribution in [2.24, 2.45) is 0 Å². The fourth-order valence-electron chi connectivity index (χ4n) is 0.925. The van der Waals surface area contributed by atoms with Crippen LogP contribution in [0, 0.1) is 0 Å². The van der Waals surface area contributed by atoms with Crippen LogP contribution in [0.25, 0.3) is 0 Å². The van der Waals surface area contributed by atoms with Gasteiger partial charge >= 0.3 is 0 Å². The van der Waals surface area contributed by atoms with Gasteiger partial charge in [0.2, 0.25) is 0 Å². The zero-order chi connectivity index (χ0) is 11.5. The maximum absolute atomic E-state index is 5.28. The summed E-state index contributed by atoms with van der Waals surface area (Å²) < 4.78 is 0. The Bertz CT molecular complexity index is 341. The van der Waals surface area contributed by atoms with Gasteiger partial charge in [-0.1, -0.05) is 5.69 Å². The monoisotopic (exact) mass is 269 g/mol. The van der Waals surface area contributed by atoms with Gasteiger partial charge in [0.1, 0.15) is 0 Å². The smallest absolute Gasteiger partial charge is 0.0919 e. The summed E-state index contributed by atoms with van der Waals surface area (Å²) in [4.78, 5) is 6.42. The molecule has 0 bridgehead atoms. The average molecular weight is 269 g/mol. The van der Waals surface area contributed by atoms with Gasteiger partial charge in [0.25, 0.3) is 0 Å². The van der Waals surface area contributed by atoms with E-state index in [-0.39, 0.29) is 17.1 Å². The molecule has 3 rings (SSSR count). The normalized spacial score (nSPS) is 7.76. The molecule has 0 fully saturated rings. The van der Waals surface area contributed by atoms with E-state index < -0.39 is 0 Å². The van der Waals surface area contributed by atoms with Crippen LogP contribution in [0.15, 0.2) is 73.3 Å². The van der Waals surface area contributed by atoms with Crippen molar-refractivity contribution in [2.45, 2.75) is 0 Å². The van der Waals surface area contributed by atoms with Crippen LogP contribution in [0.5, 0.6) is 0 Å². The topological polar surface area (TPSA) is 54.7 Å². The number of aromatic amines is 1. The molecule has 0 atom stereocenters. The summed E-state index contributed by atoms with van der Waals surface area (Å²) in [6.07, 6.45) is 5.08. The van der Waals surface area contributed by atoms with Crippen molar-refractivity contribution >= 4 is 5.69 Å². The summed E-state index contributed by atoms with van der Waals surface area (Å²) in [5.74, 6) is 0. The van der Waals surface area contributed by atoms with Crippen molar-refractivity contribution in [1.29, 1.82) is 0 Å². The third kappa shape index (κ3) is 9.18. The number of anilines is 1. The summed E-state index contributed by atoms with van der Waals surface area (Å²) >= 11 is 0. The van der Waals surface area contributed by atoms with Gasteiger partial charge in [-0.05, 0) is 0 Å². The van der Waals surface area contributed by atoms with E-state index in [0.717, 1.165) is 5.69 Å². The van der Waals surface area contributed by atoms with Crippen LogP contribution in [0.2, 0.25) is 0 Å². The van der Waals surface area contributed by atoms with Crippen molar-refractivity contribution in [3.8, 4) is 0 Å². The fraction of sp³-hybridized carbons (Fsp3) is 0. The molecular formula is C13H15FeN3-6. The van der Waals surface area contributed by atoms with E-state index in [1.54, 1.807) is 18.7 Å². The standard InChI is InChI=1S/C5H6N.C5H5.C3H4N2.Fe/c6-5-3-1-2-4-5;1-2-4-5-3-1;1-2-5-3-4-1;/h1-4H,6H2;1-5H;1-3H,(H,4,5);/q-1;-5;;. The van der Waals surface area contributed by atoms with Crippen molar-refractivity contribution in [1.82, 2.24) is 9.97 Å². The molecule has 96 valence electrons. The number of nitrogens with one attached hydrogen (secondary N) is 1. The van der Waals surface area contributed by atoms with Gasteiger partial charge < -0.3 is 41.0 Å². The summed E-state index contributed by atoms with van der Waals surface area (Å²) in [6, 6.07) is 17.5. The molecule has 0 amide bonds. The number of rotatable bonds is 0. The molecule has 0 saturated heterocycles. The molecule has 1 heterocycles. The van der Waals surface area contributed by atoms with Crippen LogP contribution < -0.4 is 5.73 Å². The van der Waals surface area contributed by atoms with Crippen molar-refractivity contribution in [3.63, 3.8) is 0 Å². The maximum Gasteiger partial charge on any atom is 0.0919 e. The molecule has 0 unspecified atom stereocenters. The Labute approximate surface area is 112 Å². The Morgan fingerprint density at radius 1 is 1.00 bits per heavy atom. The van der Waals surface area contributed by atoms with Crippen molar-refractivity contribution in [2.75, 3.05) is 5.73 Å². The Kier molecular flexibility index (Phi) is 9.62. The summed E-state index contributed by atoms with van der Waals surface area (Å²) in [6.45, 7) is 0. The third-order valence-electron chi connectivity index (χ3n) is 1.65. The number of hydrogen-bond acceptors (Lipinski definition) is 2. The fourth-order valence-corrected chi connectivity index (χ4v) is 0.925. The molecule has 0 saturated carbocycles. The zero-order valence-electron chi connectivity index (χ0n) is 9.31. The van der Waals surface area contributed by atoms with Gasteiger partial charge in [0.05, 0.1) is 6.33 Å². The van der Waals surface area contributed by atoms with Gasteiger partial charge in [-0.15, -0.1) is 0 Å². The predicted octanol–water partition coefficient (Wildman–Crippen LogP) is 2.80. The van der Waals surface area contributed by atoms with E-state index in [1.165, 1.54) is 0 Å². The maximum atomic E-state index is 5.28. The van der Waals surface area contributed by atoms with Gasteiger partial charge in [0.15, 0.2) is 0 Å². The van der Waals surface area contributed by atoms with Crippen LogP contribution in [-0.2, 0) is 17.1 Å². The van der Waals surface area contributed by atoms with E-state index in [1.807, 2.05) is 54.6 Å². The number of nitrogens with two attached hydrogens (primary N) is 1. The Morgan fingerprint density at radius 2 is 1.53 bits per heavy atom. The third-order valence-corrected chi connectivity index (χ3v) is 1.65. The summed E-state index contributed by atoms with van der Waals surface area (Å²) in [5.41, 5.74) is 6.12. The molecule has 0 aliphatic rings. The van der Waals surface area contributed by atoms with Crippen LogP contribution >= 0.6 is 0 Å². The summed E-state index contributed by atoms with van der Waals surface area (Å²) in [5, 5.41) is 0. The molecule has 0 aliphatic heterocycles. The Hall–Kier alpha value is -1.77. The molecule has 0 aliphatic carbocycles. The molecule has 2 aromatic carbocycles. The molecule has 4 heteroatoms. The average Bonchev–Trinajstić information content (AvgIpc) is 3.07. The van der Waals surface area contributed by atoms with Gasteiger partial charge in [0, 0.05) is 29.5 Å². The first kappa shape index (κ1) is 15.2. The van der Waals surface area contributed by atoms with Crippen LogP contribution in [0.1, 0.15) is 0 Å². The zero-order valence-corrected chi connectivity index (χ0v) is 10.4. The van der Waals surface area contributed by atoms with E-state index in [9.17, 15) is 0 Å². The van der Waals surface area contributed by atoms with Crippen LogP contribution in [0.3, 0.4) is 0 Å². The second-order valence-corrected chi connectivity index (χ2v) is 2.94. The first-order valence-corrected chi connectivity index (χ1v) is 4.96. The number of H-pyrrole nitrogens is 1. The largest absolute Gasteiger partial charge is 0.748 e. The second kappa shape index (κ2) is 10.7. The molecular weight excluding hydrogens is 254 g/mol. The minimum atomic E-state index is 0. The minimum absolute atomic E-state index is 0. The van der Waals surface area contributed by atoms with Crippen molar-refractivity contribution < 1.29 is 17.1 Å². The quantitative estimate of drug-likeness (QED) is 0.487. The Balaban J connectivity index is 0.000000221. The molecule has 1 aromatic heterocycles. The molecule has 0 radical (unpaired) electrons. The molecule has 0 spiro atoms. The number of hydrogen-bond donors (Lipinski definition) is 2. The van der Waals surface area contributed by atoms with Crippen molar-refractivity contribution in [3.05, 3.63) is 73.3 Å². The van der Waals surface area contributed by atoms with E-state index in [2.05, 4.69) is 9.97 Å². The minimum Gasteiger partial charge on any atom is -0.748 e. The molecule has 17 heavy (non-hydrogen) atoms. The first-order valence-electron chi connectivity index (χ1n) is 4.96. The number of aromatic nitrogens is 2. The number of nitrogen functional groups attached to an aromatic ring is 1. The second-order valence-electron chi connectivity index (χ2n) is 2.94. The number of nitrogens with zero attached hydrogens (tertiary/aromatic N) is 1. The van der Waals surface area contributed by atoms with Crippen LogP contribution in [0.4, 0.5) is 5.69 Å². The molecule has 3 nitrogen and oxygen atoms in total. The molecule has 3 aromatic rings. The van der Waals surface area contributed by atoms with E-state index in [0.29, 0.717) is 0 Å². The van der Waals surface area contributed by atoms with Crippen LogP contribution in [-0.4, -0.2) is 9.97 Å². The van der Waals surface area contributed by atoms with Gasteiger partial charge in [-0.3, -0.25) is 0 Å². The van der Waals surface area contributed by atoms with Gasteiger partial charge in [-0.25, -0.2) is 17.1 Å². The molecule has 3 N–H and O–H groups in total. The predicted molar refractivity (Wildman–Crippen MR) is 67.1 cm³/mol. The first-order chi connectivity index (χ1) is 7.89. The SMILES string of the molecule is N[c-]1cccc1.[Fe].[cH-]1[cH-][cH-][cH-][cH-]1.c1c[nH]cn1. The number of imidazole rings is 1. The van der Waals surface area contributed by atoms with E-state index in [4.69, 9.17) is 5.73 Å². The summed E-state index contributed by atoms with van der Waals surface area (Å²) in [7, 11) is 0. The van der Waals surface area contributed by atoms with Gasteiger partial charge in [-0.2, -0.15) is 12.1 Å². The Morgan fingerprint density at radius 3 is 1.71 bits per heavy atom. The van der Waals surface area contributed by atoms with E-state index >= 15 is 0 Å².